The molecule has 14 saturated heterocycles. The van der Waals surface area contributed by atoms with Gasteiger partial charge in [-0.05, 0) is 86.7 Å². The van der Waals surface area contributed by atoms with Gasteiger partial charge < -0.3 is 87.1 Å². The first-order valence-electron chi connectivity index (χ1n) is 29.9. The van der Waals surface area contributed by atoms with E-state index in [1.54, 1.807) is 0 Å². The molecule has 0 amide bonds. The van der Waals surface area contributed by atoms with E-state index in [4.69, 9.17) is 61.6 Å². The van der Waals surface area contributed by atoms with Crippen LogP contribution in [0.1, 0.15) is 142 Å². The summed E-state index contributed by atoms with van der Waals surface area (Å²) in [6, 6.07) is 0. The Morgan fingerprint density at radius 2 is 1.33 bits per heavy atom. The van der Waals surface area contributed by atoms with E-state index in [9.17, 15) is 35.1 Å². The Balaban J connectivity index is 0.682. The number of rotatable bonds is 2. The van der Waals surface area contributed by atoms with Gasteiger partial charge >= 0.3 is 5.97 Å². The number of alkyl halides is 1. The van der Waals surface area contributed by atoms with E-state index >= 15 is 0 Å². The molecule has 0 radical (unpaired) electrons. The Hall–Kier alpha value is -1.33. The number of carboxylic acid groups (broad SMARTS) is 1. The zero-order chi connectivity index (χ0) is 54.7. The second-order valence-corrected chi connectivity index (χ2v) is 28.1. The van der Waals surface area contributed by atoms with E-state index in [0.717, 1.165) is 24.0 Å². The van der Waals surface area contributed by atoms with Gasteiger partial charge in [-0.2, -0.15) is 0 Å². The number of aliphatic hydroxyl groups excluding tert-OH is 2. The van der Waals surface area contributed by atoms with Gasteiger partial charge in [-0.3, -0.25) is 9.59 Å². The van der Waals surface area contributed by atoms with Crippen LogP contribution in [0.3, 0.4) is 0 Å². The lowest BCUT2D eigenvalue weighted by Gasteiger charge is -2.53. The maximum Gasteiger partial charge on any atom is 0.306 e. The quantitative estimate of drug-likeness (QED) is 0.110. The molecular formula is C58H81IO20. The van der Waals surface area contributed by atoms with Gasteiger partial charge in [0.2, 0.25) is 11.6 Å². The summed E-state index contributed by atoms with van der Waals surface area (Å²) in [6.45, 7) is 13.3. The summed E-state index contributed by atoms with van der Waals surface area (Å²) in [5.41, 5.74) is 2.02. The topological polar surface area (TPSA) is 255 Å². The first-order valence-corrected chi connectivity index (χ1v) is 31.2. The maximum atomic E-state index is 14.6. The molecule has 14 rings (SSSR count). The third kappa shape index (κ3) is 9.91. The molecule has 5 N–H and O–H groups in total. The van der Waals surface area contributed by atoms with Crippen molar-refractivity contribution in [3.63, 3.8) is 0 Å². The van der Waals surface area contributed by atoms with Crippen LogP contribution < -0.4 is 0 Å². The Kier molecular flexibility index (Phi) is 14.5. The summed E-state index contributed by atoms with van der Waals surface area (Å²) in [7, 11) is 0. The van der Waals surface area contributed by atoms with Gasteiger partial charge in [0.15, 0.2) is 17.7 Å². The molecule has 14 aliphatic heterocycles. The molecule has 14 aliphatic rings. The van der Waals surface area contributed by atoms with Crippen LogP contribution in [0.4, 0.5) is 0 Å². The highest BCUT2D eigenvalue weighted by Gasteiger charge is 2.72. The zero-order valence-corrected chi connectivity index (χ0v) is 47.5. The van der Waals surface area contributed by atoms with Crippen molar-refractivity contribution in [3.8, 4) is 0 Å². The Labute approximate surface area is 474 Å². The maximum absolute atomic E-state index is 14.6. The first-order chi connectivity index (χ1) is 37.7. The molecule has 14 fully saturated rings. The number of aliphatic carboxylic acids is 1. The van der Waals surface area contributed by atoms with Crippen LogP contribution in [0.5, 0.6) is 0 Å². The van der Waals surface area contributed by atoms with Crippen LogP contribution in [-0.2, 0) is 71.2 Å². The van der Waals surface area contributed by atoms with Gasteiger partial charge in [-0.25, -0.2) is 0 Å². The summed E-state index contributed by atoms with van der Waals surface area (Å²) >= 11 is 2.23. The van der Waals surface area contributed by atoms with Crippen molar-refractivity contribution in [2.45, 2.75) is 304 Å². The van der Waals surface area contributed by atoms with Crippen LogP contribution in [-0.4, -0.2) is 199 Å². The highest BCUT2D eigenvalue weighted by Crippen LogP contribution is 2.56. The predicted octanol–water partition coefficient (Wildman–Crippen LogP) is 4.52. The number of carbonyl (C=O) groups is 2. The van der Waals surface area contributed by atoms with Crippen molar-refractivity contribution in [1.29, 1.82) is 0 Å². The summed E-state index contributed by atoms with van der Waals surface area (Å²) in [4.78, 5) is 26.1. The highest BCUT2D eigenvalue weighted by molar-refractivity contribution is 14.1. The average molecular weight is 1230 g/mol. The molecule has 21 heteroatoms. The van der Waals surface area contributed by atoms with Gasteiger partial charge in [0.05, 0.1) is 114 Å². The van der Waals surface area contributed by atoms with Crippen LogP contribution in [0, 0.1) is 17.8 Å². The minimum Gasteiger partial charge on any atom is -0.481 e. The van der Waals surface area contributed by atoms with Crippen molar-refractivity contribution in [1.82, 2.24) is 0 Å². The van der Waals surface area contributed by atoms with Crippen LogP contribution in [0.25, 0.3) is 0 Å². The molecule has 14 heterocycles. The SMILES string of the molecule is C=C1C[C@@H]2CC[C@]34OC([C@@H]5O[C@H]6CC[C@H](CC(=O)C[C@@H]7CC8OC9C[C@]%10(C[C@@H]%11O[C@@]%12(CC[C@@H]%11O%10)C[C@H](C)[C@@H]%10O[C@H](CC(=O)O)[C@H](O)C[C@@H]%10O%12)O[C@@H]9C[C@@H]8O[C@H]7C[C@H]7O[C@@H](CC[C@@H]1O2)C[C@@H](C)C7=C)O[C@@H]6[C@H](O3)[C@@H]5I)C(O)(O)[C@H]4O. The molecule has 0 saturated carbocycles. The summed E-state index contributed by atoms with van der Waals surface area (Å²) in [6.07, 6.45) is -1.48. The monoisotopic (exact) mass is 1220 g/mol. The van der Waals surface area contributed by atoms with Crippen LogP contribution in [0.2, 0.25) is 0 Å². The molecule has 79 heavy (non-hydrogen) atoms. The number of fused-ring (bicyclic) bond motifs is 13. The zero-order valence-electron chi connectivity index (χ0n) is 45.3. The van der Waals surface area contributed by atoms with E-state index < -0.39 is 94.1 Å². The third-order valence-electron chi connectivity index (χ3n) is 21.2. The molecule has 0 aromatic heterocycles. The minimum atomic E-state index is -2.63. The van der Waals surface area contributed by atoms with Crippen molar-refractivity contribution < 1.29 is 96.7 Å². The van der Waals surface area contributed by atoms with E-state index in [1.165, 1.54) is 0 Å². The van der Waals surface area contributed by atoms with Crippen LogP contribution >= 0.6 is 22.6 Å². The lowest BCUT2D eigenvalue weighted by Crippen LogP contribution is -2.68. The molecule has 3 unspecified atom stereocenters. The average Bonchev–Trinajstić information content (AvgIpc) is 4.21. The number of hydrogen-bond donors (Lipinski definition) is 5. The van der Waals surface area contributed by atoms with Gasteiger partial charge in [-0.1, -0.05) is 49.6 Å². The Morgan fingerprint density at radius 1 is 0.595 bits per heavy atom. The second-order valence-electron chi connectivity index (χ2n) is 26.6. The summed E-state index contributed by atoms with van der Waals surface area (Å²) in [5, 5.41) is 54.9. The second kappa shape index (κ2) is 20.7. The van der Waals surface area contributed by atoms with Gasteiger partial charge in [0, 0.05) is 64.2 Å². The molecule has 0 aromatic carbocycles. The van der Waals surface area contributed by atoms with E-state index in [2.05, 4.69) is 49.6 Å². The lowest BCUT2D eigenvalue weighted by molar-refractivity contribution is -0.364. The lowest BCUT2D eigenvalue weighted by atomic mass is 9.78. The first kappa shape index (κ1) is 55.5. The molecule has 3 spiro atoms. The molecule has 440 valence electrons. The number of carboxylic acids is 1. The molecule has 10 bridgehead atoms. The fourth-order valence-corrected chi connectivity index (χ4v) is 18.4. The molecule has 0 aliphatic carbocycles. The van der Waals surface area contributed by atoms with Crippen LogP contribution in [0.15, 0.2) is 24.3 Å². The van der Waals surface area contributed by atoms with Gasteiger partial charge in [0.25, 0.3) is 0 Å². The van der Waals surface area contributed by atoms with Gasteiger partial charge in [-0.15, -0.1) is 0 Å². The van der Waals surface area contributed by atoms with Gasteiger partial charge in [0.1, 0.15) is 30.2 Å². The number of halogens is 1. The molecule has 0 aromatic rings. The Bertz CT molecular complexity index is 2380. The minimum absolute atomic E-state index is 0.0145. The van der Waals surface area contributed by atoms with Crippen molar-refractivity contribution >= 4 is 34.3 Å². The molecular weight excluding hydrogens is 1140 g/mol. The number of aliphatic hydroxyl groups is 4. The molecule has 29 atom stereocenters. The predicted molar refractivity (Wildman–Crippen MR) is 280 cm³/mol. The van der Waals surface area contributed by atoms with E-state index in [0.29, 0.717) is 83.5 Å². The third-order valence-corrected chi connectivity index (χ3v) is 22.6. The Morgan fingerprint density at radius 3 is 2.16 bits per heavy atom. The summed E-state index contributed by atoms with van der Waals surface area (Å²) in [5.74, 6) is -7.11. The standard InChI is InChI=1S/C58H81IO20/c1-25-13-31-5-7-35-26(2)14-33(67-35)9-12-57-54(64)58(65,66)53(79-57)52-48(59)51(78-57)50-37(72-52)8-6-32(69-50)17-30(60)15-29-16-41-42(70-39(29)19-38(68-31)28(25)4)20-43-45(71-41)23-56(75-43)24-46-36(74-56)10-11-55(77-46)22-27(3)49-44(76-55)18-34(61)40(73-49)21-47(62)63/h25,27,29,31-46,48-54,61,64-66H,2,4-24H2,1,3H3,(H,62,63)/t25-,27+,29-,31+,32-,33+,34-,35+,36+,37+,38-,39+,40-,41?,42+,43-,44+,45?,46+,48+,49+,50+,51-,52-,53?,54+,55+,56-,57-/m1/s1. The number of ether oxygens (including phenoxy) is 13. The largest absolute Gasteiger partial charge is 0.481 e. The van der Waals surface area contributed by atoms with Crippen molar-refractivity contribution in [2.24, 2.45) is 17.8 Å². The molecule has 20 nitrogen and oxygen atoms in total. The fourth-order valence-electron chi connectivity index (χ4n) is 17.3. The fraction of sp³-hybridized carbons (Fsp3) is 0.897. The van der Waals surface area contributed by atoms with Crippen molar-refractivity contribution in [3.05, 3.63) is 24.3 Å². The van der Waals surface area contributed by atoms with E-state index in [1.807, 2.05) is 0 Å². The highest BCUT2D eigenvalue weighted by atomic mass is 127. The van der Waals surface area contributed by atoms with Crippen molar-refractivity contribution in [2.75, 3.05) is 0 Å². The van der Waals surface area contributed by atoms with E-state index in [-0.39, 0.29) is 129 Å². The number of hydrogen-bond acceptors (Lipinski definition) is 19. The number of Topliss-reactive ketones (excluding diaryl/α,β-unsaturated/α-hetero) is 1. The summed E-state index contributed by atoms with van der Waals surface area (Å²) < 4.78 is 87.9. The normalized spacial score (nSPS) is 55.9. The number of ketones is 1. The number of carbonyl (C=O) groups excluding carboxylic acids is 1. The smallest absolute Gasteiger partial charge is 0.306 e.